The fraction of sp³-hybridized carbons (Fsp3) is 0.500. The first kappa shape index (κ1) is 11.7. The van der Waals surface area contributed by atoms with E-state index in [2.05, 4.69) is 11.7 Å². The maximum Gasteiger partial charge on any atom is 0.471 e. The number of alkyl halides is 3. The van der Waals surface area contributed by atoms with Gasteiger partial charge in [-0.1, -0.05) is 0 Å². The zero-order valence-corrected chi connectivity index (χ0v) is 6.64. The van der Waals surface area contributed by atoms with Crippen molar-refractivity contribution in [3.63, 3.8) is 0 Å². The molecule has 0 aliphatic carbocycles. The van der Waals surface area contributed by atoms with Gasteiger partial charge in [-0.25, -0.2) is 4.79 Å². The molecule has 0 unspecified atom stereocenters. The third-order valence-corrected chi connectivity index (χ3v) is 1.05. The Morgan fingerprint density at radius 2 is 1.92 bits per heavy atom. The third-order valence-electron chi connectivity index (χ3n) is 1.05. The zero-order chi connectivity index (χ0) is 10.6. The van der Waals surface area contributed by atoms with E-state index in [0.717, 1.165) is 7.11 Å². The molecule has 1 N–H and O–H groups in total. The van der Waals surface area contributed by atoms with E-state index in [1.54, 1.807) is 0 Å². The number of nitrogens with one attached hydrogen (secondary N) is 1. The largest absolute Gasteiger partial charge is 0.471 e. The normalized spacial score (nSPS) is 13.3. The van der Waals surface area contributed by atoms with Gasteiger partial charge in [0.2, 0.25) is 0 Å². The lowest BCUT2D eigenvalue weighted by Crippen LogP contribution is -2.45. The molecule has 0 saturated carbocycles. The van der Waals surface area contributed by atoms with E-state index in [1.165, 1.54) is 5.32 Å². The lowest BCUT2D eigenvalue weighted by molar-refractivity contribution is -0.175. The van der Waals surface area contributed by atoms with Crippen LogP contribution >= 0.6 is 0 Å². The van der Waals surface area contributed by atoms with E-state index in [4.69, 9.17) is 0 Å². The summed E-state index contributed by atoms with van der Waals surface area (Å²) in [5.41, 5.74) is 0. The second kappa shape index (κ2) is 4.11. The Bertz CT molecular complexity index is 214. The molecule has 13 heavy (non-hydrogen) atoms. The lowest BCUT2D eigenvalue weighted by Gasteiger charge is -2.12. The Balaban J connectivity index is 4.15. The van der Waals surface area contributed by atoms with Crippen LogP contribution in [-0.2, 0) is 14.3 Å². The molecule has 0 rings (SSSR count). The van der Waals surface area contributed by atoms with Crippen molar-refractivity contribution in [1.29, 1.82) is 0 Å². The lowest BCUT2D eigenvalue weighted by atomic mass is 10.3. The number of esters is 1. The van der Waals surface area contributed by atoms with Gasteiger partial charge in [0.1, 0.15) is 6.04 Å². The highest BCUT2D eigenvalue weighted by molar-refractivity contribution is 5.87. The number of amides is 1. The molecule has 0 aliphatic rings. The number of ether oxygens (including phenoxy) is 1. The number of methoxy groups -OCH3 is 1. The molecule has 0 bridgehead atoms. The molecule has 0 aliphatic heterocycles. The standard InChI is InChI=1S/C6H7F3NO3/c1-3(4(11)13-2)10-5(12)6(7,8)9/h3H,1H2,2H3,(H,10,12)/t3-/m1/s1. The van der Waals surface area contributed by atoms with Crippen molar-refractivity contribution in [2.24, 2.45) is 0 Å². The van der Waals surface area contributed by atoms with Crippen LogP contribution in [0.1, 0.15) is 0 Å². The molecule has 0 aromatic rings. The van der Waals surface area contributed by atoms with Crippen molar-refractivity contribution in [3.8, 4) is 0 Å². The number of hydrogen-bond acceptors (Lipinski definition) is 3. The molecule has 1 radical (unpaired) electrons. The summed E-state index contributed by atoms with van der Waals surface area (Å²) < 4.78 is 38.8. The van der Waals surface area contributed by atoms with Gasteiger partial charge in [-0.15, -0.1) is 0 Å². The van der Waals surface area contributed by atoms with Crippen LogP contribution in [0.5, 0.6) is 0 Å². The Labute approximate surface area is 72.0 Å². The predicted molar refractivity (Wildman–Crippen MR) is 35.4 cm³/mol. The van der Waals surface area contributed by atoms with Gasteiger partial charge in [-0.2, -0.15) is 13.2 Å². The van der Waals surface area contributed by atoms with E-state index in [9.17, 15) is 22.8 Å². The van der Waals surface area contributed by atoms with Crippen molar-refractivity contribution in [2.45, 2.75) is 12.2 Å². The molecular formula is C6H7F3NO3. The van der Waals surface area contributed by atoms with Gasteiger partial charge in [-0.3, -0.25) is 4.79 Å². The smallest absolute Gasteiger partial charge is 0.467 e. The summed E-state index contributed by atoms with van der Waals surface area (Å²) in [4.78, 5) is 20.7. The molecule has 1 atom stereocenters. The minimum absolute atomic E-state index is 0.972. The first-order chi connectivity index (χ1) is 5.79. The number of carbonyl (C=O) groups is 2. The fourth-order valence-corrected chi connectivity index (χ4v) is 0.441. The maximum absolute atomic E-state index is 11.6. The van der Waals surface area contributed by atoms with Crippen LogP contribution in [0.15, 0.2) is 0 Å². The van der Waals surface area contributed by atoms with Gasteiger partial charge in [0, 0.05) is 0 Å². The third kappa shape index (κ3) is 3.77. The molecular weight excluding hydrogens is 191 g/mol. The van der Waals surface area contributed by atoms with Crippen LogP contribution in [0.2, 0.25) is 0 Å². The molecule has 0 heterocycles. The molecule has 0 fully saturated rings. The summed E-state index contributed by atoms with van der Waals surface area (Å²) in [6.07, 6.45) is -5.02. The first-order valence-electron chi connectivity index (χ1n) is 3.07. The molecule has 0 aromatic heterocycles. The van der Waals surface area contributed by atoms with Crippen molar-refractivity contribution in [2.75, 3.05) is 7.11 Å². The number of halogens is 3. The minimum Gasteiger partial charge on any atom is -0.467 e. The number of carbonyl (C=O) groups excluding carboxylic acids is 2. The summed E-state index contributed by atoms with van der Waals surface area (Å²) in [6.45, 7) is 2.96. The van der Waals surface area contributed by atoms with Gasteiger partial charge in [0.05, 0.1) is 7.11 Å². The molecule has 0 spiro atoms. The molecule has 7 heteroatoms. The van der Waals surface area contributed by atoms with Gasteiger partial charge < -0.3 is 10.1 Å². The summed E-state index contributed by atoms with van der Waals surface area (Å²) in [5, 5.41) is 1.32. The molecule has 0 saturated heterocycles. The second-order valence-electron chi connectivity index (χ2n) is 2.05. The van der Waals surface area contributed by atoms with Gasteiger partial charge in [0.15, 0.2) is 0 Å². The van der Waals surface area contributed by atoms with Crippen LogP contribution < -0.4 is 5.32 Å². The van der Waals surface area contributed by atoms with E-state index < -0.39 is 24.1 Å². The van der Waals surface area contributed by atoms with Gasteiger partial charge >= 0.3 is 18.1 Å². The quantitative estimate of drug-likeness (QED) is 0.637. The van der Waals surface area contributed by atoms with Gasteiger partial charge in [-0.05, 0) is 6.92 Å². The molecule has 75 valence electrons. The highest BCUT2D eigenvalue weighted by atomic mass is 19.4. The fourth-order valence-electron chi connectivity index (χ4n) is 0.441. The average Bonchev–Trinajstić information content (AvgIpc) is 2.01. The Kier molecular flexibility index (Phi) is 3.70. The van der Waals surface area contributed by atoms with E-state index in [1.807, 2.05) is 0 Å². The predicted octanol–water partition coefficient (Wildman–Crippen LogP) is 0.0406. The summed E-state index contributed by atoms with van der Waals surface area (Å²) in [7, 11) is 0.972. The summed E-state index contributed by atoms with van der Waals surface area (Å²) >= 11 is 0. The molecule has 1 amide bonds. The van der Waals surface area contributed by atoms with E-state index in [-0.39, 0.29) is 0 Å². The monoisotopic (exact) mass is 198 g/mol. The minimum atomic E-state index is -5.02. The second-order valence-corrected chi connectivity index (χ2v) is 2.05. The highest BCUT2D eigenvalue weighted by Gasteiger charge is 2.40. The van der Waals surface area contributed by atoms with Crippen LogP contribution in [0, 0.1) is 6.92 Å². The highest BCUT2D eigenvalue weighted by Crippen LogP contribution is 2.14. The molecule has 0 aromatic carbocycles. The van der Waals surface area contributed by atoms with Crippen LogP contribution in [0.4, 0.5) is 13.2 Å². The Hall–Kier alpha value is -1.27. The van der Waals surface area contributed by atoms with Crippen LogP contribution in [-0.4, -0.2) is 31.2 Å². The molecule has 4 nitrogen and oxygen atoms in total. The zero-order valence-electron chi connectivity index (χ0n) is 6.64. The Morgan fingerprint density at radius 1 is 1.46 bits per heavy atom. The summed E-state index contributed by atoms with van der Waals surface area (Å²) in [5.74, 6) is -3.27. The van der Waals surface area contributed by atoms with Crippen molar-refractivity contribution >= 4 is 11.9 Å². The van der Waals surface area contributed by atoms with E-state index >= 15 is 0 Å². The SMILES string of the molecule is [CH2][C@@H](NC(=O)C(F)(F)F)C(=O)OC. The van der Waals surface area contributed by atoms with Crippen molar-refractivity contribution < 1.29 is 27.5 Å². The number of hydrogen-bond donors (Lipinski definition) is 1. The maximum atomic E-state index is 11.6. The number of rotatable bonds is 2. The Morgan fingerprint density at radius 3 is 2.23 bits per heavy atom. The van der Waals surface area contributed by atoms with Crippen LogP contribution in [0.3, 0.4) is 0 Å². The topological polar surface area (TPSA) is 55.4 Å². The first-order valence-corrected chi connectivity index (χ1v) is 3.07. The van der Waals surface area contributed by atoms with Crippen LogP contribution in [0.25, 0.3) is 0 Å². The van der Waals surface area contributed by atoms with Crippen molar-refractivity contribution in [3.05, 3.63) is 6.92 Å². The van der Waals surface area contributed by atoms with Crippen molar-refractivity contribution in [1.82, 2.24) is 5.32 Å². The average molecular weight is 198 g/mol. The van der Waals surface area contributed by atoms with Gasteiger partial charge in [0.25, 0.3) is 0 Å². The summed E-state index contributed by atoms with van der Waals surface area (Å²) in [6, 6.07) is -1.56. The van der Waals surface area contributed by atoms with E-state index in [0.29, 0.717) is 0 Å².